The van der Waals surface area contributed by atoms with Crippen molar-refractivity contribution in [2.45, 2.75) is 36.2 Å². The summed E-state index contributed by atoms with van der Waals surface area (Å²) in [7, 11) is -8.68. The van der Waals surface area contributed by atoms with Crippen molar-refractivity contribution in [3.8, 4) is 0 Å². The Balaban J connectivity index is 2.65. The van der Waals surface area contributed by atoms with Crippen LogP contribution in [0.25, 0.3) is 0 Å². The molecule has 14 heavy (non-hydrogen) atoms. The molecular formula is C6H10O6S2-2. The number of hydrogen-bond acceptors (Lipinski definition) is 6. The minimum atomic E-state index is -4.34. The Hall–Kier alpha value is -0.180. The van der Waals surface area contributed by atoms with Gasteiger partial charge in [0.05, 0.1) is 20.2 Å². The topological polar surface area (TPSA) is 114 Å². The molecule has 1 saturated carbocycles. The van der Waals surface area contributed by atoms with E-state index in [1.54, 1.807) is 0 Å². The molecule has 0 saturated heterocycles. The van der Waals surface area contributed by atoms with Gasteiger partial charge in [-0.25, -0.2) is 16.8 Å². The first-order valence-electron chi connectivity index (χ1n) is 4.10. The van der Waals surface area contributed by atoms with E-state index in [1.165, 1.54) is 0 Å². The standard InChI is InChI=1S/C6H12O6S2/c7-13(8,9)5-1-2-6(4-3-5)14(10,11)12/h5-6H,1-4H2,(H,7,8,9)(H,10,11,12)/p-2. The Morgan fingerprint density at radius 2 is 0.929 bits per heavy atom. The minimum Gasteiger partial charge on any atom is -0.748 e. The Morgan fingerprint density at radius 1 is 0.714 bits per heavy atom. The zero-order chi connectivity index (χ0) is 11.0. The Labute approximate surface area is 82.8 Å². The van der Waals surface area contributed by atoms with E-state index < -0.39 is 30.7 Å². The summed E-state index contributed by atoms with van der Waals surface area (Å²) in [5.41, 5.74) is 0. The molecule has 0 bridgehead atoms. The van der Waals surface area contributed by atoms with Gasteiger partial charge in [-0.05, 0) is 25.7 Å². The first-order chi connectivity index (χ1) is 6.21. The van der Waals surface area contributed by atoms with Crippen LogP contribution in [-0.2, 0) is 20.2 Å². The third kappa shape index (κ3) is 2.91. The second kappa shape index (κ2) is 3.76. The van der Waals surface area contributed by atoms with Crippen molar-refractivity contribution in [3.63, 3.8) is 0 Å². The highest BCUT2D eigenvalue weighted by Crippen LogP contribution is 2.27. The highest BCUT2D eigenvalue weighted by molar-refractivity contribution is 7.86. The maximum Gasteiger partial charge on any atom is 0.0975 e. The van der Waals surface area contributed by atoms with Crippen LogP contribution in [0.5, 0.6) is 0 Å². The van der Waals surface area contributed by atoms with Gasteiger partial charge in [-0.1, -0.05) is 0 Å². The monoisotopic (exact) mass is 242 g/mol. The van der Waals surface area contributed by atoms with Gasteiger partial charge in [-0.3, -0.25) is 0 Å². The van der Waals surface area contributed by atoms with Crippen LogP contribution >= 0.6 is 0 Å². The fraction of sp³-hybridized carbons (Fsp3) is 1.00. The number of rotatable bonds is 2. The van der Waals surface area contributed by atoms with Crippen LogP contribution < -0.4 is 0 Å². The fourth-order valence-electron chi connectivity index (χ4n) is 1.61. The number of hydrogen-bond donors (Lipinski definition) is 0. The predicted octanol–water partition coefficient (Wildman–Crippen LogP) is -0.612. The van der Waals surface area contributed by atoms with Crippen molar-refractivity contribution in [3.05, 3.63) is 0 Å². The van der Waals surface area contributed by atoms with Gasteiger partial charge in [0.25, 0.3) is 0 Å². The van der Waals surface area contributed by atoms with Crippen molar-refractivity contribution in [2.24, 2.45) is 0 Å². The SMILES string of the molecule is O=S(=O)([O-])C1CCC(S(=O)(=O)[O-])CC1. The van der Waals surface area contributed by atoms with Crippen LogP contribution in [-0.4, -0.2) is 36.4 Å². The molecule has 0 spiro atoms. The molecule has 0 aromatic carbocycles. The van der Waals surface area contributed by atoms with Crippen LogP contribution in [0.4, 0.5) is 0 Å². The van der Waals surface area contributed by atoms with E-state index in [2.05, 4.69) is 0 Å². The summed E-state index contributed by atoms with van der Waals surface area (Å²) in [6, 6.07) is 0. The summed E-state index contributed by atoms with van der Waals surface area (Å²) in [6.07, 6.45) is -0.119. The van der Waals surface area contributed by atoms with E-state index in [4.69, 9.17) is 0 Å². The van der Waals surface area contributed by atoms with Crippen molar-refractivity contribution in [2.75, 3.05) is 0 Å². The molecule has 0 radical (unpaired) electrons. The van der Waals surface area contributed by atoms with Gasteiger partial charge in [0.2, 0.25) is 0 Å². The molecule has 0 unspecified atom stereocenters. The van der Waals surface area contributed by atoms with E-state index in [9.17, 15) is 25.9 Å². The molecule has 1 rings (SSSR count). The largest absolute Gasteiger partial charge is 0.748 e. The van der Waals surface area contributed by atoms with Gasteiger partial charge in [-0.15, -0.1) is 0 Å². The molecule has 84 valence electrons. The van der Waals surface area contributed by atoms with E-state index in [-0.39, 0.29) is 25.7 Å². The van der Waals surface area contributed by atoms with Gasteiger partial charge in [0, 0.05) is 10.5 Å². The fourth-order valence-corrected chi connectivity index (χ4v) is 3.31. The minimum absolute atomic E-state index is 0.0298. The van der Waals surface area contributed by atoms with Gasteiger partial charge in [-0.2, -0.15) is 0 Å². The first kappa shape index (κ1) is 11.9. The van der Waals surface area contributed by atoms with Gasteiger partial charge in [0.15, 0.2) is 0 Å². The summed E-state index contributed by atoms with van der Waals surface area (Å²) in [5.74, 6) is 0. The summed E-state index contributed by atoms with van der Waals surface area (Å²) >= 11 is 0. The van der Waals surface area contributed by atoms with Crippen LogP contribution in [0.1, 0.15) is 25.7 Å². The molecule has 1 aliphatic carbocycles. The van der Waals surface area contributed by atoms with Crippen molar-refractivity contribution >= 4 is 20.2 Å². The lowest BCUT2D eigenvalue weighted by atomic mass is 10.00. The van der Waals surface area contributed by atoms with Crippen molar-refractivity contribution < 1.29 is 25.9 Å². The quantitative estimate of drug-likeness (QED) is 0.596. The van der Waals surface area contributed by atoms with Crippen molar-refractivity contribution in [1.29, 1.82) is 0 Å². The summed E-state index contributed by atoms with van der Waals surface area (Å²) < 4.78 is 63.4. The highest BCUT2D eigenvalue weighted by Gasteiger charge is 2.28. The molecule has 0 heterocycles. The van der Waals surface area contributed by atoms with Crippen LogP contribution in [0.15, 0.2) is 0 Å². The second-order valence-electron chi connectivity index (χ2n) is 3.38. The molecule has 0 atom stereocenters. The molecule has 1 fully saturated rings. The molecule has 6 nitrogen and oxygen atoms in total. The molecule has 0 aromatic heterocycles. The Morgan fingerprint density at radius 3 is 1.07 bits per heavy atom. The maximum atomic E-state index is 10.6. The predicted molar refractivity (Wildman–Crippen MR) is 45.4 cm³/mol. The van der Waals surface area contributed by atoms with E-state index in [0.717, 1.165) is 0 Å². The first-order valence-corrected chi connectivity index (χ1v) is 7.05. The lowest BCUT2D eigenvalue weighted by molar-refractivity contribution is 0.389. The molecular weight excluding hydrogens is 232 g/mol. The van der Waals surface area contributed by atoms with Crippen LogP contribution in [0.2, 0.25) is 0 Å². The zero-order valence-electron chi connectivity index (χ0n) is 7.25. The third-order valence-electron chi connectivity index (χ3n) is 2.44. The normalized spacial score (nSPS) is 30.1. The summed E-state index contributed by atoms with van der Waals surface area (Å²) in [4.78, 5) is 0. The third-order valence-corrected chi connectivity index (χ3v) is 5.01. The molecule has 0 amide bonds. The van der Waals surface area contributed by atoms with Gasteiger partial charge >= 0.3 is 0 Å². The summed E-state index contributed by atoms with van der Waals surface area (Å²) in [6.45, 7) is 0. The zero-order valence-corrected chi connectivity index (χ0v) is 8.88. The van der Waals surface area contributed by atoms with Crippen LogP contribution in [0, 0.1) is 0 Å². The van der Waals surface area contributed by atoms with E-state index in [1.807, 2.05) is 0 Å². The molecule has 0 N–H and O–H groups in total. The summed E-state index contributed by atoms with van der Waals surface area (Å²) in [5, 5.41) is -2.05. The van der Waals surface area contributed by atoms with Gasteiger partial charge < -0.3 is 9.11 Å². The average molecular weight is 242 g/mol. The van der Waals surface area contributed by atoms with Gasteiger partial charge in [0.1, 0.15) is 0 Å². The second-order valence-corrected chi connectivity index (χ2v) is 6.69. The Bertz CT molecular complexity index is 346. The van der Waals surface area contributed by atoms with Crippen LogP contribution in [0.3, 0.4) is 0 Å². The van der Waals surface area contributed by atoms with E-state index >= 15 is 0 Å². The highest BCUT2D eigenvalue weighted by atomic mass is 32.2. The molecule has 1 aliphatic rings. The average Bonchev–Trinajstić information content (AvgIpc) is 2.01. The molecule has 8 heteroatoms. The Kier molecular flexibility index (Phi) is 3.20. The maximum absolute atomic E-state index is 10.6. The van der Waals surface area contributed by atoms with Crippen molar-refractivity contribution in [1.82, 2.24) is 0 Å². The molecule has 0 aliphatic heterocycles. The smallest absolute Gasteiger partial charge is 0.0975 e. The lowest BCUT2D eigenvalue weighted by Gasteiger charge is -2.31. The lowest BCUT2D eigenvalue weighted by Crippen LogP contribution is -2.32. The van der Waals surface area contributed by atoms with E-state index in [0.29, 0.717) is 0 Å². The molecule has 0 aromatic rings.